The molecular weight excluding hydrogens is 118 g/mol. The Labute approximate surface area is 54.2 Å². The number of carboxylic acid groups (broad SMARTS) is 1. The molecule has 0 spiro atoms. The van der Waals surface area contributed by atoms with Gasteiger partial charge in [-0.15, -0.1) is 0 Å². The molecule has 0 radical (unpaired) electrons. The van der Waals surface area contributed by atoms with Gasteiger partial charge >= 0.3 is 0 Å². The van der Waals surface area contributed by atoms with Gasteiger partial charge in [0.1, 0.15) is 0 Å². The minimum absolute atomic E-state index is 0.125. The van der Waals surface area contributed by atoms with Crippen molar-refractivity contribution in [1.82, 2.24) is 0 Å². The van der Waals surface area contributed by atoms with E-state index in [4.69, 9.17) is 5.73 Å². The predicted octanol–water partition coefficient (Wildman–Crippen LogP) is -0.969. The first-order valence-electron chi connectivity index (χ1n) is 2.77. The maximum absolute atomic E-state index is 9.95. The normalized spacial score (nSPS) is 9.00. The molecule has 0 aliphatic carbocycles. The number of carbonyl (C=O) groups excluding carboxylic acids is 1. The molecule has 0 amide bonds. The highest BCUT2D eigenvalue weighted by Gasteiger charge is 1.91. The van der Waals surface area contributed by atoms with Gasteiger partial charge in [0.15, 0.2) is 0 Å². The van der Waals surface area contributed by atoms with E-state index in [0.717, 1.165) is 0 Å². The Morgan fingerprint density at radius 3 is 2.56 bits per heavy atom. The van der Waals surface area contributed by atoms with Gasteiger partial charge in [0.25, 0.3) is 0 Å². The zero-order valence-electron chi connectivity index (χ0n) is 5.22. The van der Waals surface area contributed by atoms with Crippen LogP contribution >= 0.6 is 0 Å². The standard InChI is InChI=1S/C6H11NO2/c1-5(6(8)9)3-2-4-7/h1-4,7H2,(H,8,9)/p-1. The summed E-state index contributed by atoms with van der Waals surface area (Å²) in [5, 5.41) is 9.95. The molecule has 0 heterocycles. The Bertz CT molecular complexity index is 120. The van der Waals surface area contributed by atoms with Crippen molar-refractivity contribution in [2.75, 3.05) is 6.54 Å². The zero-order valence-corrected chi connectivity index (χ0v) is 5.22. The molecule has 3 heteroatoms. The second-order valence-corrected chi connectivity index (χ2v) is 1.78. The van der Waals surface area contributed by atoms with Crippen LogP contribution in [0.4, 0.5) is 0 Å². The van der Waals surface area contributed by atoms with Gasteiger partial charge in [-0.25, -0.2) is 0 Å². The van der Waals surface area contributed by atoms with Crippen molar-refractivity contribution in [2.45, 2.75) is 12.8 Å². The summed E-state index contributed by atoms with van der Waals surface area (Å²) < 4.78 is 0. The lowest BCUT2D eigenvalue weighted by Crippen LogP contribution is -2.24. The molecule has 0 saturated heterocycles. The monoisotopic (exact) mass is 128 g/mol. The zero-order chi connectivity index (χ0) is 7.28. The fourth-order valence-electron chi connectivity index (χ4n) is 0.418. The number of carboxylic acids is 1. The molecule has 0 aromatic carbocycles. The van der Waals surface area contributed by atoms with Gasteiger partial charge < -0.3 is 15.6 Å². The summed E-state index contributed by atoms with van der Waals surface area (Å²) in [6, 6.07) is 0. The summed E-state index contributed by atoms with van der Waals surface area (Å²) >= 11 is 0. The first-order valence-corrected chi connectivity index (χ1v) is 2.77. The third kappa shape index (κ3) is 3.73. The first kappa shape index (κ1) is 8.17. The van der Waals surface area contributed by atoms with E-state index >= 15 is 0 Å². The molecule has 0 aliphatic rings. The van der Waals surface area contributed by atoms with Crippen LogP contribution in [0.1, 0.15) is 12.8 Å². The summed E-state index contributed by atoms with van der Waals surface area (Å²) in [5.41, 5.74) is 5.25. The van der Waals surface area contributed by atoms with E-state index in [0.29, 0.717) is 19.4 Å². The van der Waals surface area contributed by atoms with Crippen molar-refractivity contribution in [3.8, 4) is 0 Å². The van der Waals surface area contributed by atoms with Crippen molar-refractivity contribution >= 4 is 5.97 Å². The van der Waals surface area contributed by atoms with Gasteiger partial charge in [0, 0.05) is 0 Å². The number of rotatable bonds is 4. The number of hydrogen-bond acceptors (Lipinski definition) is 3. The summed E-state index contributed by atoms with van der Waals surface area (Å²) in [4.78, 5) is 9.95. The third-order valence-electron chi connectivity index (χ3n) is 0.971. The Morgan fingerprint density at radius 1 is 1.67 bits per heavy atom. The van der Waals surface area contributed by atoms with Crippen LogP contribution in [0.5, 0.6) is 0 Å². The van der Waals surface area contributed by atoms with Crippen molar-refractivity contribution in [3.05, 3.63) is 12.2 Å². The van der Waals surface area contributed by atoms with Gasteiger partial charge in [-0.1, -0.05) is 6.58 Å². The molecule has 0 fully saturated rings. The second-order valence-electron chi connectivity index (χ2n) is 1.78. The van der Waals surface area contributed by atoms with Crippen molar-refractivity contribution in [1.29, 1.82) is 0 Å². The van der Waals surface area contributed by atoms with Crippen LogP contribution in [0.2, 0.25) is 0 Å². The molecule has 9 heavy (non-hydrogen) atoms. The minimum Gasteiger partial charge on any atom is -0.545 e. The van der Waals surface area contributed by atoms with Crippen LogP contribution in [0, 0.1) is 0 Å². The molecule has 0 aromatic rings. The van der Waals surface area contributed by atoms with Crippen LogP contribution in [0.15, 0.2) is 12.2 Å². The molecule has 0 aromatic heterocycles. The second kappa shape index (κ2) is 4.09. The predicted molar refractivity (Wildman–Crippen MR) is 32.4 cm³/mol. The van der Waals surface area contributed by atoms with E-state index in [1.165, 1.54) is 0 Å². The van der Waals surface area contributed by atoms with E-state index in [2.05, 4.69) is 6.58 Å². The van der Waals surface area contributed by atoms with Crippen LogP contribution < -0.4 is 10.8 Å². The number of aliphatic carboxylic acids is 1. The largest absolute Gasteiger partial charge is 0.545 e. The molecular formula is C6H10NO2-. The number of hydrogen-bond donors (Lipinski definition) is 1. The lowest BCUT2D eigenvalue weighted by atomic mass is 10.2. The van der Waals surface area contributed by atoms with Crippen molar-refractivity contribution in [3.63, 3.8) is 0 Å². The Morgan fingerprint density at radius 2 is 2.22 bits per heavy atom. The fraction of sp³-hybridized carbons (Fsp3) is 0.500. The molecule has 2 N–H and O–H groups in total. The van der Waals surface area contributed by atoms with E-state index in [1.807, 2.05) is 0 Å². The SMILES string of the molecule is C=C(CCCN)C(=O)[O-]. The van der Waals surface area contributed by atoms with Crippen molar-refractivity contribution < 1.29 is 9.90 Å². The van der Waals surface area contributed by atoms with Gasteiger partial charge in [-0.3, -0.25) is 0 Å². The highest BCUT2D eigenvalue weighted by Crippen LogP contribution is 1.97. The van der Waals surface area contributed by atoms with E-state index in [9.17, 15) is 9.90 Å². The summed E-state index contributed by atoms with van der Waals surface area (Å²) in [6.45, 7) is 3.77. The van der Waals surface area contributed by atoms with Gasteiger partial charge in [0.05, 0.1) is 5.97 Å². The quantitative estimate of drug-likeness (QED) is 0.495. The van der Waals surface area contributed by atoms with E-state index < -0.39 is 5.97 Å². The summed E-state index contributed by atoms with van der Waals surface area (Å²) in [7, 11) is 0. The topological polar surface area (TPSA) is 66.2 Å². The van der Waals surface area contributed by atoms with Crippen LogP contribution in [0.3, 0.4) is 0 Å². The summed E-state index contributed by atoms with van der Waals surface area (Å²) in [6.07, 6.45) is 1.09. The fourth-order valence-corrected chi connectivity index (χ4v) is 0.418. The number of nitrogens with two attached hydrogens (primary N) is 1. The average molecular weight is 128 g/mol. The third-order valence-corrected chi connectivity index (χ3v) is 0.971. The van der Waals surface area contributed by atoms with Crippen LogP contribution in [-0.2, 0) is 4.79 Å². The molecule has 52 valence electrons. The van der Waals surface area contributed by atoms with E-state index in [1.54, 1.807) is 0 Å². The Hall–Kier alpha value is -0.830. The maximum atomic E-state index is 9.95. The minimum atomic E-state index is -1.18. The van der Waals surface area contributed by atoms with Crippen molar-refractivity contribution in [2.24, 2.45) is 5.73 Å². The summed E-state index contributed by atoms with van der Waals surface area (Å²) in [5.74, 6) is -1.18. The molecule has 0 saturated carbocycles. The molecule has 0 rings (SSSR count). The molecule has 0 atom stereocenters. The van der Waals surface area contributed by atoms with Crippen LogP contribution in [0.25, 0.3) is 0 Å². The maximum Gasteiger partial charge on any atom is 0.0668 e. The smallest absolute Gasteiger partial charge is 0.0668 e. The van der Waals surface area contributed by atoms with E-state index in [-0.39, 0.29) is 5.57 Å². The van der Waals surface area contributed by atoms with Crippen LogP contribution in [-0.4, -0.2) is 12.5 Å². The highest BCUT2D eigenvalue weighted by atomic mass is 16.4. The van der Waals surface area contributed by atoms with Gasteiger partial charge in [-0.2, -0.15) is 0 Å². The van der Waals surface area contributed by atoms with Gasteiger partial charge in [0.2, 0.25) is 0 Å². The van der Waals surface area contributed by atoms with Gasteiger partial charge in [-0.05, 0) is 25.0 Å². The first-order chi connectivity index (χ1) is 4.18. The molecule has 0 unspecified atom stereocenters. The Kier molecular flexibility index (Phi) is 3.71. The highest BCUT2D eigenvalue weighted by molar-refractivity contribution is 5.83. The lowest BCUT2D eigenvalue weighted by molar-refractivity contribution is -0.299. The number of carbonyl (C=O) groups is 1. The molecule has 0 bridgehead atoms. The average Bonchev–Trinajstić information content (AvgIpc) is 1.82. The Balaban J connectivity index is 3.39. The molecule has 3 nitrogen and oxygen atoms in total. The lowest BCUT2D eigenvalue weighted by Gasteiger charge is -2.03. The molecule has 0 aliphatic heterocycles.